The van der Waals surface area contributed by atoms with Crippen molar-refractivity contribution in [2.24, 2.45) is 0 Å². The summed E-state index contributed by atoms with van der Waals surface area (Å²) in [5.74, 6) is 0.467. The molecule has 0 aliphatic carbocycles. The van der Waals surface area contributed by atoms with E-state index in [1.54, 1.807) is 12.1 Å². The van der Waals surface area contributed by atoms with Gasteiger partial charge < -0.3 is 10.6 Å². The minimum absolute atomic E-state index is 0.0541. The minimum atomic E-state index is -0.0541. The number of nitrogens with zero attached hydrogens (tertiary/aromatic N) is 3. The minimum Gasteiger partial charge on any atom is -0.382 e. The number of thiophene rings is 1. The first-order valence-electron chi connectivity index (χ1n) is 6.59. The zero-order valence-corrected chi connectivity index (χ0v) is 13.5. The molecule has 0 unspecified atom stereocenters. The fourth-order valence-corrected chi connectivity index (χ4v) is 3.99. The number of likely N-dealkylation sites (tertiary alicyclic amines) is 1. The fourth-order valence-electron chi connectivity index (χ4n) is 2.55. The van der Waals surface area contributed by atoms with Crippen LogP contribution in [0.5, 0.6) is 0 Å². The monoisotopic (exact) mass is 344 g/mol. The molecule has 0 spiro atoms. The maximum Gasteiger partial charge on any atom is 0.256 e. The van der Waals surface area contributed by atoms with Crippen molar-refractivity contribution in [3.05, 3.63) is 32.6 Å². The molecule has 1 fully saturated rings. The van der Waals surface area contributed by atoms with Gasteiger partial charge in [-0.1, -0.05) is 23.2 Å². The van der Waals surface area contributed by atoms with Gasteiger partial charge in [-0.25, -0.2) is 0 Å². The Kier molecular flexibility index (Phi) is 4.10. The van der Waals surface area contributed by atoms with Crippen LogP contribution >= 0.6 is 34.5 Å². The summed E-state index contributed by atoms with van der Waals surface area (Å²) in [5.41, 5.74) is 6.13. The van der Waals surface area contributed by atoms with Gasteiger partial charge in [-0.05, 0) is 25.0 Å². The Morgan fingerprint density at radius 3 is 2.62 bits per heavy atom. The molecule has 2 aromatic rings. The molecule has 1 saturated heterocycles. The van der Waals surface area contributed by atoms with Crippen LogP contribution in [0, 0.1) is 0 Å². The normalized spacial score (nSPS) is 16.4. The average molecular weight is 345 g/mol. The highest BCUT2D eigenvalue weighted by molar-refractivity contribution is 7.20. The maximum absolute atomic E-state index is 12.4. The number of hydrogen-bond acceptors (Lipinski definition) is 4. The molecule has 8 heteroatoms. The quantitative estimate of drug-likeness (QED) is 0.908. The van der Waals surface area contributed by atoms with Crippen LogP contribution in [0.4, 0.5) is 5.82 Å². The van der Waals surface area contributed by atoms with E-state index in [1.807, 2.05) is 15.8 Å². The highest BCUT2D eigenvalue weighted by atomic mass is 35.5. The van der Waals surface area contributed by atoms with Crippen molar-refractivity contribution in [1.82, 2.24) is 14.7 Å². The maximum atomic E-state index is 12.4. The van der Waals surface area contributed by atoms with E-state index < -0.39 is 0 Å². The van der Waals surface area contributed by atoms with E-state index >= 15 is 0 Å². The van der Waals surface area contributed by atoms with Gasteiger partial charge in [0.15, 0.2) is 0 Å². The molecule has 0 saturated carbocycles. The van der Waals surface area contributed by atoms with Gasteiger partial charge in [-0.15, -0.1) is 11.3 Å². The van der Waals surface area contributed by atoms with Gasteiger partial charge >= 0.3 is 0 Å². The predicted octanol–water partition coefficient (Wildman–Crippen LogP) is 3.31. The number of amides is 1. The van der Waals surface area contributed by atoms with E-state index in [0.29, 0.717) is 33.1 Å². The molecule has 3 rings (SSSR count). The van der Waals surface area contributed by atoms with E-state index in [-0.39, 0.29) is 11.9 Å². The number of halogens is 2. The van der Waals surface area contributed by atoms with Crippen LogP contribution < -0.4 is 5.73 Å². The highest BCUT2D eigenvalue weighted by Crippen LogP contribution is 2.33. The van der Waals surface area contributed by atoms with E-state index in [9.17, 15) is 4.79 Å². The van der Waals surface area contributed by atoms with E-state index in [0.717, 1.165) is 12.8 Å². The van der Waals surface area contributed by atoms with Gasteiger partial charge in [-0.3, -0.25) is 9.48 Å². The second kappa shape index (κ2) is 5.87. The van der Waals surface area contributed by atoms with Crippen molar-refractivity contribution < 1.29 is 4.79 Å². The van der Waals surface area contributed by atoms with Crippen LogP contribution in [0.1, 0.15) is 29.2 Å². The van der Waals surface area contributed by atoms with Gasteiger partial charge in [0.1, 0.15) is 10.2 Å². The predicted molar refractivity (Wildman–Crippen MR) is 85.2 cm³/mol. The van der Waals surface area contributed by atoms with Crippen molar-refractivity contribution in [3.8, 4) is 0 Å². The Bertz CT molecular complexity index is 661. The summed E-state index contributed by atoms with van der Waals surface area (Å²) in [7, 11) is 0. The summed E-state index contributed by atoms with van der Waals surface area (Å²) in [6.45, 7) is 1.35. The van der Waals surface area contributed by atoms with Gasteiger partial charge in [0.25, 0.3) is 5.91 Å². The smallest absolute Gasteiger partial charge is 0.256 e. The molecule has 1 aliphatic heterocycles. The Morgan fingerprint density at radius 2 is 2.10 bits per heavy atom. The number of hydrogen-bond donors (Lipinski definition) is 1. The van der Waals surface area contributed by atoms with Crippen LogP contribution in [0.25, 0.3) is 0 Å². The lowest BCUT2D eigenvalue weighted by Gasteiger charge is -2.32. The number of anilines is 1. The highest BCUT2D eigenvalue weighted by Gasteiger charge is 2.27. The van der Waals surface area contributed by atoms with E-state index in [2.05, 4.69) is 5.10 Å². The van der Waals surface area contributed by atoms with Gasteiger partial charge in [-0.2, -0.15) is 5.10 Å². The standard InChI is InChI=1S/C13H14Cl2N4OS/c14-10-7-9(12(15)21-10)13(20)18-4-1-8(2-5-18)19-6-3-11(16)17-19/h3,6-8H,1-2,4-5H2,(H2,16,17). The number of nitrogens with two attached hydrogens (primary N) is 1. The zero-order valence-electron chi connectivity index (χ0n) is 11.1. The number of nitrogen functional groups attached to an aromatic ring is 1. The summed E-state index contributed by atoms with van der Waals surface area (Å²) in [4.78, 5) is 14.2. The average Bonchev–Trinajstić information content (AvgIpc) is 3.04. The lowest BCUT2D eigenvalue weighted by atomic mass is 10.0. The third-order valence-corrected chi connectivity index (χ3v) is 5.13. The van der Waals surface area contributed by atoms with Crippen LogP contribution in [-0.4, -0.2) is 33.7 Å². The Morgan fingerprint density at radius 1 is 1.38 bits per heavy atom. The topological polar surface area (TPSA) is 64.2 Å². The Balaban J connectivity index is 1.65. The molecule has 0 aromatic carbocycles. The number of rotatable bonds is 2. The second-order valence-corrected chi connectivity index (χ2v) is 7.27. The molecule has 1 aliphatic rings. The molecule has 21 heavy (non-hydrogen) atoms. The van der Waals surface area contributed by atoms with Crippen LogP contribution in [0.15, 0.2) is 18.3 Å². The first-order chi connectivity index (χ1) is 10.0. The van der Waals surface area contributed by atoms with E-state index in [4.69, 9.17) is 28.9 Å². The molecule has 3 heterocycles. The lowest BCUT2D eigenvalue weighted by molar-refractivity contribution is 0.0691. The number of aromatic nitrogens is 2. The van der Waals surface area contributed by atoms with Crippen molar-refractivity contribution in [3.63, 3.8) is 0 Å². The van der Waals surface area contributed by atoms with Gasteiger partial charge in [0, 0.05) is 19.3 Å². The Hall–Kier alpha value is -1.24. The largest absolute Gasteiger partial charge is 0.382 e. The summed E-state index contributed by atoms with van der Waals surface area (Å²) >= 11 is 13.2. The first-order valence-corrected chi connectivity index (χ1v) is 8.16. The summed E-state index contributed by atoms with van der Waals surface area (Å²) in [6, 6.07) is 3.70. The molecule has 0 radical (unpaired) electrons. The third-order valence-electron chi connectivity index (χ3n) is 3.64. The van der Waals surface area contributed by atoms with Crippen LogP contribution in [0.2, 0.25) is 8.67 Å². The molecule has 0 atom stereocenters. The van der Waals surface area contributed by atoms with Crippen molar-refractivity contribution >= 4 is 46.3 Å². The van der Waals surface area contributed by atoms with Gasteiger partial charge in [0.05, 0.1) is 15.9 Å². The van der Waals surface area contributed by atoms with Crippen LogP contribution in [0.3, 0.4) is 0 Å². The Labute approximate surface area is 136 Å². The van der Waals surface area contributed by atoms with E-state index in [1.165, 1.54) is 11.3 Å². The number of piperidine rings is 1. The molecular weight excluding hydrogens is 331 g/mol. The molecule has 112 valence electrons. The molecule has 2 N–H and O–H groups in total. The van der Waals surface area contributed by atoms with Gasteiger partial charge in [0.2, 0.25) is 0 Å². The third kappa shape index (κ3) is 3.02. The molecule has 5 nitrogen and oxygen atoms in total. The first kappa shape index (κ1) is 14.7. The molecular formula is C13H14Cl2N4OS. The zero-order chi connectivity index (χ0) is 15.0. The molecule has 0 bridgehead atoms. The van der Waals surface area contributed by atoms with Crippen molar-refractivity contribution in [2.45, 2.75) is 18.9 Å². The van der Waals surface area contributed by atoms with Crippen molar-refractivity contribution in [2.75, 3.05) is 18.8 Å². The summed E-state index contributed by atoms with van der Waals surface area (Å²) < 4.78 is 2.86. The number of carbonyl (C=O) groups is 1. The lowest BCUT2D eigenvalue weighted by Crippen LogP contribution is -2.39. The summed E-state index contributed by atoms with van der Waals surface area (Å²) in [5, 5.41) is 4.23. The second-order valence-electron chi connectivity index (χ2n) is 4.98. The van der Waals surface area contributed by atoms with Crippen molar-refractivity contribution in [1.29, 1.82) is 0 Å². The molecule has 1 amide bonds. The SMILES string of the molecule is Nc1ccn(C2CCN(C(=O)c3cc(Cl)sc3Cl)CC2)n1. The summed E-state index contributed by atoms with van der Waals surface area (Å²) in [6.07, 6.45) is 3.58. The van der Waals surface area contributed by atoms with Crippen LogP contribution in [-0.2, 0) is 0 Å². The fraction of sp³-hybridized carbons (Fsp3) is 0.385. The number of carbonyl (C=O) groups excluding carboxylic acids is 1. The molecule has 2 aromatic heterocycles.